The van der Waals surface area contributed by atoms with Crippen LogP contribution in [0.4, 0.5) is 0 Å². The molecule has 1 heterocycles. The fraction of sp³-hybridized carbons (Fsp3) is 0.727. The van der Waals surface area contributed by atoms with Gasteiger partial charge in [0, 0.05) is 31.1 Å². The zero-order valence-electron chi connectivity index (χ0n) is 9.79. The Labute approximate surface area is 91.4 Å². The molecule has 1 atom stereocenters. The van der Waals surface area contributed by atoms with Gasteiger partial charge >= 0.3 is 0 Å². The van der Waals surface area contributed by atoms with Crippen molar-refractivity contribution in [3.05, 3.63) is 18.2 Å². The molecule has 0 aromatic carbocycles. The first kappa shape index (κ1) is 12.2. The van der Waals surface area contributed by atoms with Gasteiger partial charge in [0.1, 0.15) is 0 Å². The average Bonchev–Trinajstić information content (AvgIpc) is 2.66. The molecule has 0 aliphatic rings. The predicted molar refractivity (Wildman–Crippen MR) is 60.5 cm³/mol. The van der Waals surface area contributed by atoms with E-state index < -0.39 is 0 Å². The van der Waals surface area contributed by atoms with Gasteiger partial charge in [-0.2, -0.15) is 0 Å². The molecule has 0 aliphatic carbocycles. The zero-order chi connectivity index (χ0) is 11.1. The van der Waals surface area contributed by atoms with Crippen LogP contribution in [-0.2, 0) is 11.3 Å². The number of H-pyrrole nitrogens is 1. The second kappa shape index (κ2) is 6.58. The molecule has 0 fully saturated rings. The SMILES string of the molecule is CC(C)COCC(C)NCc1cnc[nH]1. The van der Waals surface area contributed by atoms with E-state index in [0.717, 1.165) is 25.5 Å². The van der Waals surface area contributed by atoms with Gasteiger partial charge in [-0.25, -0.2) is 4.98 Å². The standard InChI is InChI=1S/C11H21N3O/c1-9(2)6-15-7-10(3)13-5-11-4-12-8-14-11/h4,8-10,13H,5-7H2,1-3H3,(H,12,14). The first-order chi connectivity index (χ1) is 7.18. The number of hydrogen-bond donors (Lipinski definition) is 2. The quantitative estimate of drug-likeness (QED) is 0.719. The van der Waals surface area contributed by atoms with Crippen LogP contribution in [0.1, 0.15) is 26.5 Å². The molecule has 0 saturated heterocycles. The summed E-state index contributed by atoms with van der Waals surface area (Å²) in [6.07, 6.45) is 3.52. The molecule has 0 saturated carbocycles. The molecular formula is C11H21N3O. The third-order valence-corrected chi connectivity index (χ3v) is 2.01. The van der Waals surface area contributed by atoms with Gasteiger partial charge in [-0.15, -0.1) is 0 Å². The average molecular weight is 211 g/mol. The number of hydrogen-bond acceptors (Lipinski definition) is 3. The Morgan fingerprint density at radius 3 is 2.80 bits per heavy atom. The van der Waals surface area contributed by atoms with Crippen LogP contribution in [-0.4, -0.2) is 29.2 Å². The fourth-order valence-electron chi connectivity index (χ4n) is 1.20. The Morgan fingerprint density at radius 2 is 2.20 bits per heavy atom. The molecule has 0 amide bonds. The first-order valence-electron chi connectivity index (χ1n) is 5.47. The van der Waals surface area contributed by atoms with Crippen LogP contribution in [0.5, 0.6) is 0 Å². The number of nitrogens with zero attached hydrogens (tertiary/aromatic N) is 1. The summed E-state index contributed by atoms with van der Waals surface area (Å²) in [6.45, 7) is 8.83. The van der Waals surface area contributed by atoms with Crippen molar-refractivity contribution in [2.24, 2.45) is 5.92 Å². The lowest BCUT2D eigenvalue weighted by Gasteiger charge is -2.14. The maximum Gasteiger partial charge on any atom is 0.0922 e. The van der Waals surface area contributed by atoms with Gasteiger partial charge in [-0.05, 0) is 12.8 Å². The van der Waals surface area contributed by atoms with Gasteiger partial charge in [0.15, 0.2) is 0 Å². The van der Waals surface area contributed by atoms with Gasteiger partial charge in [0.2, 0.25) is 0 Å². The Bertz CT molecular complexity index is 246. The van der Waals surface area contributed by atoms with Crippen molar-refractivity contribution in [3.8, 4) is 0 Å². The van der Waals surface area contributed by atoms with Gasteiger partial charge in [-0.1, -0.05) is 13.8 Å². The van der Waals surface area contributed by atoms with Crippen LogP contribution < -0.4 is 5.32 Å². The normalized spacial score (nSPS) is 13.3. The lowest BCUT2D eigenvalue weighted by atomic mass is 10.2. The molecule has 1 aromatic heterocycles. The number of aromatic amines is 1. The van der Waals surface area contributed by atoms with E-state index in [0.29, 0.717) is 12.0 Å². The van der Waals surface area contributed by atoms with Crippen molar-refractivity contribution in [1.29, 1.82) is 0 Å². The van der Waals surface area contributed by atoms with Crippen LogP contribution in [0.25, 0.3) is 0 Å². The molecule has 1 rings (SSSR count). The van der Waals surface area contributed by atoms with E-state index >= 15 is 0 Å². The molecular weight excluding hydrogens is 190 g/mol. The number of nitrogens with one attached hydrogen (secondary N) is 2. The highest BCUT2D eigenvalue weighted by Crippen LogP contribution is 1.95. The van der Waals surface area contributed by atoms with Crippen molar-refractivity contribution in [1.82, 2.24) is 15.3 Å². The van der Waals surface area contributed by atoms with E-state index in [2.05, 4.69) is 36.1 Å². The summed E-state index contributed by atoms with van der Waals surface area (Å²) in [5.74, 6) is 0.602. The molecule has 2 N–H and O–H groups in total. The zero-order valence-corrected chi connectivity index (χ0v) is 9.79. The molecule has 1 unspecified atom stereocenters. The molecule has 15 heavy (non-hydrogen) atoms. The van der Waals surface area contributed by atoms with Gasteiger partial charge < -0.3 is 15.0 Å². The summed E-state index contributed by atoms with van der Waals surface area (Å²) in [4.78, 5) is 7.01. The molecule has 0 spiro atoms. The molecule has 86 valence electrons. The summed E-state index contributed by atoms with van der Waals surface area (Å²) in [5, 5.41) is 3.36. The third kappa shape index (κ3) is 5.54. The van der Waals surface area contributed by atoms with Gasteiger partial charge in [0.05, 0.1) is 12.9 Å². The van der Waals surface area contributed by atoms with E-state index in [9.17, 15) is 0 Å². The van der Waals surface area contributed by atoms with Crippen LogP contribution in [0, 0.1) is 5.92 Å². The Kier molecular flexibility index (Phi) is 5.36. The van der Waals surface area contributed by atoms with Crippen LogP contribution in [0.2, 0.25) is 0 Å². The Balaban J connectivity index is 2.06. The summed E-state index contributed by atoms with van der Waals surface area (Å²) in [5.41, 5.74) is 1.10. The van der Waals surface area contributed by atoms with Crippen molar-refractivity contribution >= 4 is 0 Å². The molecule has 0 aliphatic heterocycles. The number of aromatic nitrogens is 2. The third-order valence-electron chi connectivity index (χ3n) is 2.01. The largest absolute Gasteiger partial charge is 0.380 e. The van der Waals surface area contributed by atoms with E-state index in [4.69, 9.17) is 4.74 Å². The topological polar surface area (TPSA) is 49.9 Å². The van der Waals surface area contributed by atoms with Crippen LogP contribution in [0.3, 0.4) is 0 Å². The minimum absolute atomic E-state index is 0.368. The minimum atomic E-state index is 0.368. The predicted octanol–water partition coefficient (Wildman–Crippen LogP) is 1.56. The monoisotopic (exact) mass is 211 g/mol. The van der Waals surface area contributed by atoms with E-state index in [1.165, 1.54) is 0 Å². The minimum Gasteiger partial charge on any atom is -0.380 e. The lowest BCUT2D eigenvalue weighted by Crippen LogP contribution is -2.30. The van der Waals surface area contributed by atoms with Crippen LogP contribution >= 0.6 is 0 Å². The van der Waals surface area contributed by atoms with E-state index in [1.807, 2.05) is 6.20 Å². The van der Waals surface area contributed by atoms with Crippen molar-refractivity contribution in [2.45, 2.75) is 33.4 Å². The maximum absolute atomic E-state index is 5.54. The summed E-state index contributed by atoms with van der Waals surface area (Å²) >= 11 is 0. The molecule has 1 aromatic rings. The first-order valence-corrected chi connectivity index (χ1v) is 5.47. The van der Waals surface area contributed by atoms with E-state index in [-0.39, 0.29) is 0 Å². The maximum atomic E-state index is 5.54. The molecule has 4 heteroatoms. The number of rotatable bonds is 7. The second-order valence-corrected chi connectivity index (χ2v) is 4.29. The van der Waals surface area contributed by atoms with Crippen molar-refractivity contribution < 1.29 is 4.74 Å². The highest BCUT2D eigenvalue weighted by molar-refractivity contribution is 4.93. The smallest absolute Gasteiger partial charge is 0.0922 e. The molecule has 0 radical (unpaired) electrons. The summed E-state index contributed by atoms with van der Waals surface area (Å²) in [7, 11) is 0. The molecule has 4 nitrogen and oxygen atoms in total. The number of ether oxygens (including phenoxy) is 1. The molecule has 0 bridgehead atoms. The Hall–Kier alpha value is -0.870. The van der Waals surface area contributed by atoms with Crippen molar-refractivity contribution in [3.63, 3.8) is 0 Å². The lowest BCUT2D eigenvalue weighted by molar-refractivity contribution is 0.0934. The number of imidazole rings is 1. The van der Waals surface area contributed by atoms with Gasteiger partial charge in [0.25, 0.3) is 0 Å². The highest BCUT2D eigenvalue weighted by atomic mass is 16.5. The van der Waals surface area contributed by atoms with Crippen LogP contribution in [0.15, 0.2) is 12.5 Å². The fourth-order valence-corrected chi connectivity index (χ4v) is 1.20. The van der Waals surface area contributed by atoms with Gasteiger partial charge in [-0.3, -0.25) is 0 Å². The summed E-state index contributed by atoms with van der Waals surface area (Å²) < 4.78 is 5.54. The van der Waals surface area contributed by atoms with Crippen molar-refractivity contribution in [2.75, 3.05) is 13.2 Å². The highest BCUT2D eigenvalue weighted by Gasteiger charge is 2.02. The summed E-state index contributed by atoms with van der Waals surface area (Å²) in [6, 6.07) is 0.368. The Morgan fingerprint density at radius 1 is 1.40 bits per heavy atom. The second-order valence-electron chi connectivity index (χ2n) is 4.29. The van der Waals surface area contributed by atoms with E-state index in [1.54, 1.807) is 6.33 Å².